The van der Waals surface area contributed by atoms with Crippen molar-refractivity contribution in [2.24, 2.45) is 5.84 Å². The maximum Gasteiger partial charge on any atom is 0.0501 e. The molecule has 2 rings (SSSR count). The molecule has 1 unspecified atom stereocenters. The monoisotopic (exact) mass is 382 g/mol. The van der Waals surface area contributed by atoms with Crippen LogP contribution in [-0.4, -0.2) is 0 Å². The molecule has 2 aromatic carbocycles. The second-order valence-electron chi connectivity index (χ2n) is 4.52. The normalized spacial score (nSPS) is 12.4. The van der Waals surface area contributed by atoms with E-state index in [4.69, 9.17) is 5.84 Å². The van der Waals surface area contributed by atoms with Gasteiger partial charge in [-0.2, -0.15) is 0 Å². The van der Waals surface area contributed by atoms with Gasteiger partial charge in [0.2, 0.25) is 0 Å². The van der Waals surface area contributed by atoms with Crippen LogP contribution >= 0.6 is 31.9 Å². The predicted octanol–water partition coefficient (Wildman–Crippen LogP) is 4.27. The van der Waals surface area contributed by atoms with E-state index in [2.05, 4.69) is 68.5 Å². The summed E-state index contributed by atoms with van der Waals surface area (Å²) in [6.07, 6.45) is 0.841. The van der Waals surface area contributed by atoms with E-state index in [-0.39, 0.29) is 6.04 Å². The van der Waals surface area contributed by atoms with Gasteiger partial charge in [0.05, 0.1) is 6.04 Å². The maximum atomic E-state index is 5.71. The van der Waals surface area contributed by atoms with E-state index in [0.29, 0.717) is 0 Å². The van der Waals surface area contributed by atoms with Crippen molar-refractivity contribution in [3.63, 3.8) is 0 Å². The van der Waals surface area contributed by atoms with Crippen LogP contribution in [0.2, 0.25) is 0 Å². The lowest BCUT2D eigenvalue weighted by Gasteiger charge is -2.18. The number of hydrazine groups is 1. The molecular weight excluding hydrogens is 368 g/mol. The van der Waals surface area contributed by atoms with E-state index in [1.807, 2.05) is 18.2 Å². The Morgan fingerprint density at radius 2 is 1.84 bits per heavy atom. The van der Waals surface area contributed by atoms with Crippen LogP contribution in [0.4, 0.5) is 0 Å². The van der Waals surface area contributed by atoms with Gasteiger partial charge in [0.25, 0.3) is 0 Å². The van der Waals surface area contributed by atoms with Crippen LogP contribution in [0.25, 0.3) is 0 Å². The third-order valence-corrected chi connectivity index (χ3v) is 4.81. The predicted molar refractivity (Wildman–Crippen MR) is 86.8 cm³/mol. The second-order valence-corrected chi connectivity index (χ2v) is 6.23. The zero-order chi connectivity index (χ0) is 13.8. The fraction of sp³-hybridized carbons (Fsp3) is 0.200. The van der Waals surface area contributed by atoms with Crippen LogP contribution in [0, 0.1) is 6.92 Å². The van der Waals surface area contributed by atoms with Crippen LogP contribution in [0.15, 0.2) is 51.4 Å². The Morgan fingerprint density at radius 3 is 2.47 bits per heavy atom. The molecule has 0 saturated carbocycles. The highest BCUT2D eigenvalue weighted by atomic mass is 79.9. The zero-order valence-corrected chi connectivity index (χ0v) is 13.8. The molecule has 0 aromatic heterocycles. The van der Waals surface area contributed by atoms with Crippen LogP contribution in [0.1, 0.15) is 22.7 Å². The molecule has 0 fully saturated rings. The molecule has 0 saturated heterocycles. The average molecular weight is 384 g/mol. The van der Waals surface area contributed by atoms with Crippen molar-refractivity contribution in [1.29, 1.82) is 0 Å². The molecule has 1 atom stereocenters. The van der Waals surface area contributed by atoms with Crippen molar-refractivity contribution in [2.75, 3.05) is 0 Å². The van der Waals surface area contributed by atoms with E-state index in [9.17, 15) is 0 Å². The number of hydrogen-bond acceptors (Lipinski definition) is 2. The van der Waals surface area contributed by atoms with E-state index in [0.717, 1.165) is 15.4 Å². The topological polar surface area (TPSA) is 38.0 Å². The lowest BCUT2D eigenvalue weighted by atomic mass is 9.98. The van der Waals surface area contributed by atoms with E-state index >= 15 is 0 Å². The molecular formula is C15H16Br2N2. The lowest BCUT2D eigenvalue weighted by Crippen LogP contribution is -2.29. The Balaban J connectivity index is 2.25. The number of benzene rings is 2. The fourth-order valence-corrected chi connectivity index (χ4v) is 2.83. The van der Waals surface area contributed by atoms with Gasteiger partial charge in [-0.3, -0.25) is 11.3 Å². The van der Waals surface area contributed by atoms with Gasteiger partial charge >= 0.3 is 0 Å². The van der Waals surface area contributed by atoms with Crippen molar-refractivity contribution >= 4 is 31.9 Å². The summed E-state index contributed by atoms with van der Waals surface area (Å²) >= 11 is 7.14. The summed E-state index contributed by atoms with van der Waals surface area (Å²) in [5.41, 5.74) is 6.54. The van der Waals surface area contributed by atoms with Gasteiger partial charge in [-0.15, -0.1) is 0 Å². The maximum absolute atomic E-state index is 5.71. The largest absolute Gasteiger partial charge is 0.271 e. The summed E-state index contributed by atoms with van der Waals surface area (Å²) in [5, 5.41) is 0. The van der Waals surface area contributed by atoms with Crippen molar-refractivity contribution in [3.05, 3.63) is 68.1 Å². The third-order valence-electron chi connectivity index (χ3n) is 3.18. The molecule has 0 spiro atoms. The Hall–Kier alpha value is -0.680. The van der Waals surface area contributed by atoms with Gasteiger partial charge in [0, 0.05) is 8.95 Å². The molecule has 0 aliphatic carbocycles. The average Bonchev–Trinajstić information content (AvgIpc) is 2.41. The minimum atomic E-state index is 0.0931. The van der Waals surface area contributed by atoms with Crippen molar-refractivity contribution in [2.45, 2.75) is 19.4 Å². The summed E-state index contributed by atoms with van der Waals surface area (Å²) in [6, 6.07) is 14.6. The zero-order valence-electron chi connectivity index (χ0n) is 10.7. The van der Waals surface area contributed by atoms with Gasteiger partial charge in [0.15, 0.2) is 0 Å². The SMILES string of the molecule is Cc1ccc(C(Cc2ccccc2Br)NN)cc1Br. The number of rotatable bonds is 4. The summed E-state index contributed by atoms with van der Waals surface area (Å²) in [7, 11) is 0. The van der Waals surface area contributed by atoms with Crippen molar-refractivity contribution in [3.8, 4) is 0 Å². The van der Waals surface area contributed by atoms with Gasteiger partial charge in [-0.1, -0.05) is 62.2 Å². The molecule has 0 bridgehead atoms. The standard InChI is InChI=1S/C15H16Br2N2/c1-10-6-7-12(8-14(10)17)15(19-18)9-11-4-2-3-5-13(11)16/h2-8,15,19H,9,18H2,1H3. The van der Waals surface area contributed by atoms with Crippen LogP contribution in [-0.2, 0) is 6.42 Å². The van der Waals surface area contributed by atoms with Gasteiger partial charge in [-0.25, -0.2) is 0 Å². The second kappa shape index (κ2) is 6.66. The molecule has 2 nitrogen and oxygen atoms in total. The highest BCUT2D eigenvalue weighted by molar-refractivity contribution is 9.10. The molecule has 0 radical (unpaired) electrons. The highest BCUT2D eigenvalue weighted by Gasteiger charge is 2.13. The Labute approximate surface area is 130 Å². The summed E-state index contributed by atoms with van der Waals surface area (Å²) in [6.45, 7) is 2.08. The molecule has 4 heteroatoms. The summed E-state index contributed by atoms with van der Waals surface area (Å²) in [4.78, 5) is 0. The first kappa shape index (κ1) is 14.7. The number of halogens is 2. The van der Waals surface area contributed by atoms with E-state index < -0.39 is 0 Å². The van der Waals surface area contributed by atoms with Gasteiger partial charge in [-0.05, 0) is 42.2 Å². The minimum absolute atomic E-state index is 0.0931. The van der Waals surface area contributed by atoms with Crippen LogP contribution in [0.5, 0.6) is 0 Å². The first-order chi connectivity index (χ1) is 9.11. The third kappa shape index (κ3) is 3.66. The number of nitrogens with two attached hydrogens (primary N) is 1. The molecule has 0 amide bonds. The molecule has 100 valence electrons. The first-order valence-corrected chi connectivity index (χ1v) is 7.66. The molecule has 3 N–H and O–H groups in total. The quantitative estimate of drug-likeness (QED) is 0.611. The summed E-state index contributed by atoms with van der Waals surface area (Å²) in [5.74, 6) is 5.71. The highest BCUT2D eigenvalue weighted by Crippen LogP contribution is 2.26. The molecule has 0 aliphatic heterocycles. The van der Waals surface area contributed by atoms with Crippen LogP contribution < -0.4 is 11.3 Å². The van der Waals surface area contributed by atoms with Crippen LogP contribution in [0.3, 0.4) is 0 Å². The fourth-order valence-electron chi connectivity index (χ4n) is 1.98. The number of aryl methyl sites for hydroxylation is 1. The van der Waals surface area contributed by atoms with E-state index in [1.165, 1.54) is 16.7 Å². The molecule has 19 heavy (non-hydrogen) atoms. The minimum Gasteiger partial charge on any atom is -0.271 e. The van der Waals surface area contributed by atoms with E-state index in [1.54, 1.807) is 0 Å². The first-order valence-electron chi connectivity index (χ1n) is 6.07. The van der Waals surface area contributed by atoms with Gasteiger partial charge in [0.1, 0.15) is 0 Å². The smallest absolute Gasteiger partial charge is 0.0501 e. The lowest BCUT2D eigenvalue weighted by molar-refractivity contribution is 0.551. The Morgan fingerprint density at radius 1 is 1.11 bits per heavy atom. The van der Waals surface area contributed by atoms with Crippen molar-refractivity contribution < 1.29 is 0 Å². The summed E-state index contributed by atoms with van der Waals surface area (Å²) < 4.78 is 2.22. The number of hydrogen-bond donors (Lipinski definition) is 2. The van der Waals surface area contributed by atoms with Gasteiger partial charge < -0.3 is 0 Å². The Bertz CT molecular complexity index is 570. The molecule has 2 aromatic rings. The number of nitrogens with one attached hydrogen (secondary N) is 1. The molecule has 0 aliphatic rings. The Kier molecular flexibility index (Phi) is 5.16. The molecule has 0 heterocycles. The van der Waals surface area contributed by atoms with Crippen molar-refractivity contribution in [1.82, 2.24) is 5.43 Å².